The second-order valence-corrected chi connectivity index (χ2v) is 9.02. The SMILES string of the molecule is FC(F)(F)C(F)(F)C(Br)(Br)C(Cl)(Cl)Br. The standard InChI is InChI=1S/C4Br3Cl2F5/c5-1(6,3(7,8)9)2(10,11)4(12,13)14. The van der Waals surface area contributed by atoms with Crippen LogP contribution >= 0.6 is 71.0 Å². The monoisotopic (exact) mass is 450 g/mol. The van der Waals surface area contributed by atoms with Crippen molar-refractivity contribution in [1.29, 1.82) is 0 Å². The van der Waals surface area contributed by atoms with Crippen LogP contribution in [0.3, 0.4) is 0 Å². The molecule has 0 spiro atoms. The number of halogens is 10. The molecule has 0 rings (SSSR count). The summed E-state index contributed by atoms with van der Waals surface area (Å²) in [6, 6.07) is 0. The summed E-state index contributed by atoms with van der Waals surface area (Å²) >= 11 is 16.7. The molecular formula is C4Br3Cl2F5. The van der Waals surface area contributed by atoms with Crippen molar-refractivity contribution in [3.05, 3.63) is 0 Å². The molecule has 0 N–H and O–H groups in total. The van der Waals surface area contributed by atoms with Gasteiger partial charge < -0.3 is 0 Å². The summed E-state index contributed by atoms with van der Waals surface area (Å²) in [7, 11) is 0. The van der Waals surface area contributed by atoms with E-state index in [4.69, 9.17) is 23.2 Å². The van der Waals surface area contributed by atoms with Gasteiger partial charge in [0.1, 0.15) is 0 Å². The molecule has 0 amide bonds. The van der Waals surface area contributed by atoms with Crippen molar-refractivity contribution in [2.75, 3.05) is 0 Å². The highest BCUT2D eigenvalue weighted by molar-refractivity contribution is 9.26. The molecule has 0 aliphatic carbocycles. The van der Waals surface area contributed by atoms with Gasteiger partial charge in [0, 0.05) is 0 Å². The van der Waals surface area contributed by atoms with Gasteiger partial charge in [0.2, 0.25) is 3.24 Å². The Balaban J connectivity index is 5.30. The van der Waals surface area contributed by atoms with Crippen LogP contribution in [0, 0.1) is 0 Å². The Labute approximate surface area is 111 Å². The van der Waals surface area contributed by atoms with Gasteiger partial charge in [-0.05, 0) is 15.9 Å². The van der Waals surface area contributed by atoms with Crippen molar-refractivity contribution in [3.63, 3.8) is 0 Å². The molecule has 0 saturated carbocycles. The Morgan fingerprint density at radius 3 is 1.14 bits per heavy atom. The first-order valence-electron chi connectivity index (χ1n) is 2.64. The molecular weight excluding hydrogens is 454 g/mol. The first-order chi connectivity index (χ1) is 5.75. The van der Waals surface area contributed by atoms with Crippen LogP contribution in [0.5, 0.6) is 0 Å². The molecule has 0 aromatic carbocycles. The zero-order chi connectivity index (χ0) is 12.0. The molecule has 0 atom stereocenters. The predicted molar refractivity (Wildman–Crippen MR) is 55.0 cm³/mol. The highest BCUT2D eigenvalue weighted by Crippen LogP contribution is 2.61. The second kappa shape index (κ2) is 4.16. The largest absolute Gasteiger partial charge is 0.455 e. The van der Waals surface area contributed by atoms with E-state index in [9.17, 15) is 22.0 Å². The third-order valence-corrected chi connectivity index (χ3v) is 6.43. The highest BCUT2D eigenvalue weighted by Gasteiger charge is 2.74. The van der Waals surface area contributed by atoms with E-state index >= 15 is 0 Å². The van der Waals surface area contributed by atoms with Crippen LogP contribution in [0.25, 0.3) is 0 Å². The van der Waals surface area contributed by atoms with Crippen LogP contribution in [0.2, 0.25) is 0 Å². The fourth-order valence-electron chi connectivity index (χ4n) is 0.356. The predicted octanol–water partition coefficient (Wildman–Crippen LogP) is 5.20. The number of hydrogen-bond acceptors (Lipinski definition) is 0. The lowest BCUT2D eigenvalue weighted by Crippen LogP contribution is -2.55. The topological polar surface area (TPSA) is 0 Å². The van der Waals surface area contributed by atoms with E-state index in [1.165, 1.54) is 0 Å². The van der Waals surface area contributed by atoms with Crippen molar-refractivity contribution >= 4 is 71.0 Å². The summed E-state index contributed by atoms with van der Waals surface area (Å²) in [5.74, 6) is -5.16. The van der Waals surface area contributed by atoms with E-state index in [-0.39, 0.29) is 0 Å². The zero-order valence-corrected chi connectivity index (χ0v) is 12.0. The molecule has 0 radical (unpaired) electrons. The van der Waals surface area contributed by atoms with Gasteiger partial charge in [-0.25, -0.2) is 0 Å². The first-order valence-corrected chi connectivity index (χ1v) is 5.77. The maximum absolute atomic E-state index is 12.8. The minimum atomic E-state index is -5.79. The minimum absolute atomic E-state index is 2.10. The summed E-state index contributed by atoms with van der Waals surface area (Å²) < 4.78 is 55.7. The maximum Gasteiger partial charge on any atom is 0.455 e. The molecule has 0 nitrogen and oxygen atoms in total. The Bertz CT molecular complexity index is 196. The number of alkyl halides is 10. The molecule has 0 aliphatic rings. The lowest BCUT2D eigenvalue weighted by Gasteiger charge is -2.36. The normalized spacial score (nSPS) is 15.9. The van der Waals surface area contributed by atoms with Crippen LogP contribution in [0.1, 0.15) is 0 Å². The molecule has 0 heterocycles. The van der Waals surface area contributed by atoms with Gasteiger partial charge in [-0.1, -0.05) is 55.1 Å². The van der Waals surface area contributed by atoms with Crippen LogP contribution in [-0.2, 0) is 0 Å². The average Bonchev–Trinajstić information content (AvgIpc) is 1.81. The van der Waals surface area contributed by atoms with Gasteiger partial charge in [0.15, 0.2) is 3.23 Å². The smallest absolute Gasteiger partial charge is 0.194 e. The molecule has 10 heteroatoms. The van der Waals surface area contributed by atoms with Gasteiger partial charge in [-0.3, -0.25) is 0 Å². The number of hydrogen-bond donors (Lipinski definition) is 0. The van der Waals surface area contributed by atoms with Crippen LogP contribution in [0.4, 0.5) is 22.0 Å². The van der Waals surface area contributed by atoms with E-state index in [0.29, 0.717) is 0 Å². The van der Waals surface area contributed by atoms with Crippen molar-refractivity contribution < 1.29 is 22.0 Å². The Morgan fingerprint density at radius 1 is 0.786 bits per heavy atom. The Kier molecular flexibility index (Phi) is 4.66. The summed E-state index contributed by atoms with van der Waals surface area (Å²) in [6.07, 6.45) is -5.79. The van der Waals surface area contributed by atoms with Crippen LogP contribution in [-0.4, -0.2) is 18.6 Å². The molecule has 0 aromatic rings. The van der Waals surface area contributed by atoms with Gasteiger partial charge in [0.05, 0.1) is 0 Å². The molecule has 0 aromatic heterocycles. The van der Waals surface area contributed by atoms with Gasteiger partial charge in [0.25, 0.3) is 0 Å². The van der Waals surface area contributed by atoms with Crippen molar-refractivity contribution in [2.24, 2.45) is 0 Å². The molecule has 14 heavy (non-hydrogen) atoms. The van der Waals surface area contributed by atoms with Crippen LogP contribution < -0.4 is 0 Å². The summed E-state index contributed by atoms with van der Waals surface area (Å²) in [6.45, 7) is 0. The quantitative estimate of drug-likeness (QED) is 0.398. The molecule has 86 valence electrons. The maximum atomic E-state index is 12.8. The zero-order valence-electron chi connectivity index (χ0n) is 5.78. The van der Waals surface area contributed by atoms with Crippen molar-refractivity contribution in [1.82, 2.24) is 0 Å². The van der Waals surface area contributed by atoms with E-state index in [0.717, 1.165) is 0 Å². The van der Waals surface area contributed by atoms with E-state index < -0.39 is 18.6 Å². The van der Waals surface area contributed by atoms with E-state index in [1.807, 2.05) is 0 Å². The third kappa shape index (κ3) is 2.67. The lowest BCUT2D eigenvalue weighted by molar-refractivity contribution is -0.283. The minimum Gasteiger partial charge on any atom is -0.194 e. The lowest BCUT2D eigenvalue weighted by atomic mass is 10.2. The first kappa shape index (κ1) is 15.7. The number of rotatable bonds is 2. The Hall–Kier alpha value is 1.67. The summed E-state index contributed by atoms with van der Waals surface area (Å²) in [5, 5.41) is 0. The fourth-order valence-corrected chi connectivity index (χ4v) is 1.29. The third-order valence-electron chi connectivity index (χ3n) is 1.11. The van der Waals surface area contributed by atoms with Crippen molar-refractivity contribution in [3.8, 4) is 0 Å². The van der Waals surface area contributed by atoms with Crippen molar-refractivity contribution in [2.45, 2.75) is 18.6 Å². The Morgan fingerprint density at radius 2 is 1.07 bits per heavy atom. The van der Waals surface area contributed by atoms with Gasteiger partial charge >= 0.3 is 12.1 Å². The summed E-state index contributed by atoms with van der Waals surface area (Å²) in [5.41, 5.74) is 0. The van der Waals surface area contributed by atoms with E-state index in [2.05, 4.69) is 47.8 Å². The molecule has 0 bridgehead atoms. The fraction of sp³-hybridized carbons (Fsp3) is 1.00. The van der Waals surface area contributed by atoms with Crippen LogP contribution in [0.15, 0.2) is 0 Å². The molecule has 0 saturated heterocycles. The highest BCUT2D eigenvalue weighted by atomic mass is 79.9. The second-order valence-electron chi connectivity index (χ2n) is 2.14. The molecule has 0 aliphatic heterocycles. The van der Waals surface area contributed by atoms with Gasteiger partial charge in [-0.15, -0.1) is 0 Å². The summed E-state index contributed by atoms with van der Waals surface area (Å²) in [4.78, 5) is 0. The molecule has 0 unspecified atom stereocenters. The molecule has 0 fully saturated rings. The average molecular weight is 454 g/mol. The van der Waals surface area contributed by atoms with Gasteiger partial charge in [-0.2, -0.15) is 22.0 Å². The van der Waals surface area contributed by atoms with E-state index in [1.54, 1.807) is 0 Å².